The molecule has 0 atom stereocenters. The van der Waals surface area contributed by atoms with Crippen molar-refractivity contribution in [3.05, 3.63) is 64.4 Å². The molecule has 0 aliphatic carbocycles. The highest BCUT2D eigenvalue weighted by Crippen LogP contribution is 2.21. The summed E-state index contributed by atoms with van der Waals surface area (Å²) in [4.78, 5) is 22.8. The number of hydrogen-bond donors (Lipinski definition) is 2. The van der Waals surface area contributed by atoms with E-state index in [1.54, 1.807) is 30.3 Å². The van der Waals surface area contributed by atoms with Crippen LogP contribution in [0.25, 0.3) is 0 Å². The molecule has 2 N–H and O–H groups in total. The number of nitrogens with one attached hydrogen (secondary N) is 2. The van der Waals surface area contributed by atoms with Gasteiger partial charge in [0.1, 0.15) is 18.2 Å². The Balaban J connectivity index is 1.86. The van der Waals surface area contributed by atoms with Gasteiger partial charge in [-0.15, -0.1) is 0 Å². The molecular formula is C19H19ClFN3O3. The van der Waals surface area contributed by atoms with Crippen molar-refractivity contribution in [2.45, 2.75) is 20.0 Å². The fraction of sp³-hybridized carbons (Fsp3) is 0.211. The maximum absolute atomic E-state index is 13.7. The second kappa shape index (κ2) is 10.3. The van der Waals surface area contributed by atoms with Crippen molar-refractivity contribution >= 4 is 29.6 Å². The molecule has 6 nitrogen and oxygen atoms in total. The minimum Gasteiger partial charge on any atom is -0.489 e. The van der Waals surface area contributed by atoms with Crippen LogP contribution in [-0.2, 0) is 16.2 Å². The minimum atomic E-state index is -0.832. The van der Waals surface area contributed by atoms with Crippen LogP contribution in [0.5, 0.6) is 5.75 Å². The van der Waals surface area contributed by atoms with E-state index in [4.69, 9.17) is 16.3 Å². The monoisotopic (exact) mass is 391 g/mol. The number of nitrogens with zero attached hydrogens (tertiary/aromatic N) is 1. The molecule has 0 fully saturated rings. The Bertz CT molecular complexity index is 805. The quantitative estimate of drug-likeness (QED) is 0.432. The second-order valence-corrected chi connectivity index (χ2v) is 5.92. The summed E-state index contributed by atoms with van der Waals surface area (Å²) in [5, 5.41) is 6.47. The van der Waals surface area contributed by atoms with Crippen LogP contribution < -0.4 is 15.5 Å². The SMILES string of the molecule is CCCNC(=O)C(=O)N/N=C\c1ccc(OCc2c(F)cccc2Cl)cc1. The molecule has 2 aromatic carbocycles. The first-order valence-corrected chi connectivity index (χ1v) is 8.66. The van der Waals surface area contributed by atoms with E-state index >= 15 is 0 Å². The Morgan fingerprint density at radius 2 is 1.93 bits per heavy atom. The predicted molar refractivity (Wildman–Crippen MR) is 101 cm³/mol. The Morgan fingerprint density at radius 1 is 1.19 bits per heavy atom. The first kappa shape index (κ1) is 20.4. The van der Waals surface area contributed by atoms with E-state index in [-0.39, 0.29) is 12.2 Å². The lowest BCUT2D eigenvalue weighted by molar-refractivity contribution is -0.139. The molecule has 2 rings (SSSR count). The van der Waals surface area contributed by atoms with E-state index in [1.165, 1.54) is 18.3 Å². The van der Waals surface area contributed by atoms with E-state index in [9.17, 15) is 14.0 Å². The number of benzene rings is 2. The van der Waals surface area contributed by atoms with Crippen LogP contribution in [0, 0.1) is 5.82 Å². The van der Waals surface area contributed by atoms with Crippen LogP contribution in [0.4, 0.5) is 4.39 Å². The fourth-order valence-corrected chi connectivity index (χ4v) is 2.23. The van der Waals surface area contributed by atoms with Crippen molar-refractivity contribution in [3.8, 4) is 5.75 Å². The summed E-state index contributed by atoms with van der Waals surface area (Å²) >= 11 is 5.95. The number of amides is 2. The van der Waals surface area contributed by atoms with Gasteiger partial charge in [0.05, 0.1) is 11.2 Å². The molecule has 0 spiro atoms. The minimum absolute atomic E-state index is 0.00186. The van der Waals surface area contributed by atoms with Crippen molar-refractivity contribution in [2.24, 2.45) is 5.10 Å². The van der Waals surface area contributed by atoms with Gasteiger partial charge >= 0.3 is 11.8 Å². The zero-order valence-electron chi connectivity index (χ0n) is 14.7. The molecular weight excluding hydrogens is 373 g/mol. The van der Waals surface area contributed by atoms with E-state index < -0.39 is 17.6 Å². The van der Waals surface area contributed by atoms with E-state index in [2.05, 4.69) is 15.8 Å². The second-order valence-electron chi connectivity index (χ2n) is 5.51. The molecule has 0 bridgehead atoms. The largest absolute Gasteiger partial charge is 0.489 e. The Kier molecular flexibility index (Phi) is 7.76. The standard InChI is InChI=1S/C19H19ClFN3O3/c1-2-10-22-18(25)19(26)24-23-11-13-6-8-14(9-7-13)27-12-15-16(20)4-3-5-17(15)21/h3-9,11H,2,10,12H2,1H3,(H,22,25)(H,24,26)/b23-11-. The van der Waals surface area contributed by atoms with Crippen molar-refractivity contribution < 1.29 is 18.7 Å². The van der Waals surface area contributed by atoms with Crippen molar-refractivity contribution in [1.82, 2.24) is 10.7 Å². The molecule has 0 heterocycles. The van der Waals surface area contributed by atoms with E-state index in [1.807, 2.05) is 6.92 Å². The van der Waals surface area contributed by atoms with Crippen molar-refractivity contribution in [1.29, 1.82) is 0 Å². The van der Waals surface area contributed by atoms with Gasteiger partial charge in [-0.05, 0) is 48.4 Å². The topological polar surface area (TPSA) is 79.8 Å². The lowest BCUT2D eigenvalue weighted by atomic mass is 10.2. The van der Waals surface area contributed by atoms with Crippen molar-refractivity contribution in [2.75, 3.05) is 6.54 Å². The normalized spacial score (nSPS) is 10.6. The van der Waals surface area contributed by atoms with Gasteiger partial charge in [0.25, 0.3) is 0 Å². The first-order valence-electron chi connectivity index (χ1n) is 8.28. The molecule has 0 unspecified atom stereocenters. The lowest BCUT2D eigenvalue weighted by Crippen LogP contribution is -2.38. The maximum Gasteiger partial charge on any atom is 0.329 e. The average Bonchev–Trinajstić information content (AvgIpc) is 2.66. The summed E-state index contributed by atoms with van der Waals surface area (Å²) in [6.07, 6.45) is 2.13. The van der Waals surface area contributed by atoms with E-state index in [0.29, 0.717) is 22.9 Å². The number of halogens is 2. The van der Waals surface area contributed by atoms with Crippen LogP contribution in [-0.4, -0.2) is 24.6 Å². The van der Waals surface area contributed by atoms with Crippen LogP contribution in [0.2, 0.25) is 5.02 Å². The smallest absolute Gasteiger partial charge is 0.329 e. The van der Waals surface area contributed by atoms with Gasteiger partial charge in [0.2, 0.25) is 0 Å². The highest BCUT2D eigenvalue weighted by Gasteiger charge is 2.10. The molecule has 0 radical (unpaired) electrons. The molecule has 2 aromatic rings. The molecule has 0 aromatic heterocycles. The zero-order valence-corrected chi connectivity index (χ0v) is 15.4. The summed E-state index contributed by atoms with van der Waals surface area (Å²) in [7, 11) is 0. The first-order chi connectivity index (χ1) is 13.0. The maximum atomic E-state index is 13.7. The number of hydrogen-bond acceptors (Lipinski definition) is 4. The Labute approximate surface area is 161 Å². The molecule has 2 amide bonds. The number of ether oxygens (including phenoxy) is 1. The van der Waals surface area contributed by atoms with Gasteiger partial charge in [-0.1, -0.05) is 24.6 Å². The highest BCUT2D eigenvalue weighted by atomic mass is 35.5. The Hall–Kier alpha value is -2.93. The van der Waals surface area contributed by atoms with Crippen LogP contribution >= 0.6 is 11.6 Å². The third kappa shape index (κ3) is 6.38. The lowest BCUT2D eigenvalue weighted by Gasteiger charge is -2.08. The predicted octanol–water partition coefficient (Wildman–Crippen LogP) is 3.03. The molecule has 0 saturated heterocycles. The number of rotatable bonds is 7. The summed E-state index contributed by atoms with van der Waals surface area (Å²) in [5.74, 6) is -1.47. The molecule has 0 aliphatic rings. The van der Waals surface area contributed by atoms with Gasteiger partial charge < -0.3 is 10.1 Å². The molecule has 8 heteroatoms. The highest BCUT2D eigenvalue weighted by molar-refractivity contribution is 6.35. The van der Waals surface area contributed by atoms with Crippen molar-refractivity contribution in [3.63, 3.8) is 0 Å². The molecule has 142 valence electrons. The zero-order chi connectivity index (χ0) is 19.6. The Morgan fingerprint density at radius 3 is 2.59 bits per heavy atom. The molecule has 0 saturated carbocycles. The van der Waals surface area contributed by atoms with E-state index in [0.717, 1.165) is 6.42 Å². The third-order valence-corrected chi connectivity index (χ3v) is 3.80. The number of hydrazone groups is 1. The van der Waals surface area contributed by atoms with Gasteiger partial charge in [-0.2, -0.15) is 5.10 Å². The third-order valence-electron chi connectivity index (χ3n) is 3.45. The van der Waals surface area contributed by atoms with Crippen LogP contribution in [0.15, 0.2) is 47.6 Å². The van der Waals surface area contributed by atoms with Gasteiger partial charge in [-0.25, -0.2) is 9.82 Å². The summed E-state index contributed by atoms with van der Waals surface area (Å²) < 4.78 is 19.2. The van der Waals surface area contributed by atoms with Gasteiger partial charge in [0, 0.05) is 12.1 Å². The van der Waals surface area contributed by atoms with Crippen LogP contribution in [0.1, 0.15) is 24.5 Å². The summed E-state index contributed by atoms with van der Waals surface area (Å²) in [6.45, 7) is 2.31. The molecule has 27 heavy (non-hydrogen) atoms. The summed E-state index contributed by atoms with van der Waals surface area (Å²) in [5.41, 5.74) is 3.11. The number of carbonyl (C=O) groups is 2. The van der Waals surface area contributed by atoms with Gasteiger partial charge in [0.15, 0.2) is 0 Å². The fourth-order valence-electron chi connectivity index (χ4n) is 2.01. The molecule has 0 aliphatic heterocycles. The average molecular weight is 392 g/mol. The van der Waals surface area contributed by atoms with Gasteiger partial charge in [-0.3, -0.25) is 9.59 Å². The number of carbonyl (C=O) groups excluding carboxylic acids is 2. The summed E-state index contributed by atoms with van der Waals surface area (Å²) in [6, 6.07) is 11.2. The van der Waals surface area contributed by atoms with Crippen LogP contribution in [0.3, 0.4) is 0 Å².